The first-order valence-corrected chi connectivity index (χ1v) is 15.8. The second-order valence-electron chi connectivity index (χ2n) is 10.2. The highest BCUT2D eigenvalue weighted by Gasteiger charge is 2.24. The van der Waals surface area contributed by atoms with Crippen LogP contribution < -0.4 is 20.7 Å². The van der Waals surface area contributed by atoms with Gasteiger partial charge in [0.15, 0.2) is 0 Å². The second kappa shape index (κ2) is 14.7. The van der Waals surface area contributed by atoms with Crippen molar-refractivity contribution in [2.45, 2.75) is 23.5 Å². The van der Waals surface area contributed by atoms with Crippen LogP contribution in [-0.4, -0.2) is 54.8 Å². The molecular formula is C32H32FN7O5S. The minimum absolute atomic E-state index is 0.0332. The molecule has 2 amide bonds. The molecular weight excluding hydrogens is 613 g/mol. The summed E-state index contributed by atoms with van der Waals surface area (Å²) in [4.78, 5) is 20.5. The predicted octanol–water partition coefficient (Wildman–Crippen LogP) is 3.96. The first-order chi connectivity index (χ1) is 22.2. The van der Waals surface area contributed by atoms with Crippen LogP contribution in [-0.2, 0) is 16.4 Å². The zero-order valence-electron chi connectivity index (χ0n) is 24.7. The van der Waals surface area contributed by atoms with Crippen LogP contribution in [0.1, 0.15) is 34.7 Å². The quantitative estimate of drug-likeness (QED) is 0.119. The van der Waals surface area contributed by atoms with Crippen LogP contribution in [0, 0.1) is 5.82 Å². The second-order valence-corrected chi connectivity index (χ2v) is 11.9. The van der Waals surface area contributed by atoms with Gasteiger partial charge in [0.1, 0.15) is 11.9 Å². The van der Waals surface area contributed by atoms with Crippen molar-refractivity contribution in [1.29, 1.82) is 0 Å². The molecule has 0 bridgehead atoms. The molecule has 2 heterocycles. The molecule has 0 aliphatic heterocycles. The Hall–Kier alpha value is -5.18. The molecule has 0 aliphatic carbocycles. The summed E-state index contributed by atoms with van der Waals surface area (Å²) in [5.41, 5.74) is 3.16. The van der Waals surface area contributed by atoms with E-state index < -0.39 is 34.0 Å². The Morgan fingerprint density at radius 3 is 2.39 bits per heavy atom. The van der Waals surface area contributed by atoms with Crippen molar-refractivity contribution in [3.63, 3.8) is 0 Å². The van der Waals surface area contributed by atoms with Crippen LogP contribution in [0.4, 0.5) is 14.9 Å². The molecule has 0 radical (unpaired) electrons. The molecule has 5 N–H and O–H groups in total. The Morgan fingerprint density at radius 2 is 1.72 bits per heavy atom. The van der Waals surface area contributed by atoms with Crippen LogP contribution in [0.25, 0.3) is 11.4 Å². The van der Waals surface area contributed by atoms with E-state index in [4.69, 9.17) is 4.52 Å². The van der Waals surface area contributed by atoms with E-state index in [-0.39, 0.29) is 16.6 Å². The maximum Gasteiger partial charge on any atom is 0.315 e. The summed E-state index contributed by atoms with van der Waals surface area (Å²) in [6, 6.07) is 20.7. The number of rotatable bonds is 13. The lowest BCUT2D eigenvalue weighted by Crippen LogP contribution is -2.36. The fourth-order valence-electron chi connectivity index (χ4n) is 4.51. The minimum Gasteiger partial charge on any atom is -0.387 e. The summed E-state index contributed by atoms with van der Waals surface area (Å²) in [7, 11) is -2.44. The molecule has 1 unspecified atom stereocenters. The molecule has 12 nitrogen and oxygen atoms in total. The number of nitrogens with zero attached hydrogens (tertiary/aromatic N) is 3. The van der Waals surface area contributed by atoms with E-state index in [1.54, 1.807) is 42.7 Å². The van der Waals surface area contributed by atoms with Crippen LogP contribution in [0.5, 0.6) is 0 Å². The molecule has 0 spiro atoms. The van der Waals surface area contributed by atoms with E-state index in [1.165, 1.54) is 43.4 Å². The standard InChI is InChI=1S/C32H32FN7O5S/c1-34-32(42)37-29(22-6-10-25(33)11-7-22)31-38-30(39-45-31)23-8-14-27(15-9-23)46(43,44)40-26-12-4-21(5-13-26)16-18-36-20-28(41)24-3-2-17-35-19-24/h2-15,17,19,28-29,36,40-41H,16,18,20H2,1H3,(H2,34,37,42)/t28-,29?/m0/s1. The number of anilines is 1. The number of aromatic nitrogens is 3. The van der Waals surface area contributed by atoms with E-state index >= 15 is 0 Å². The maximum atomic E-state index is 13.5. The van der Waals surface area contributed by atoms with E-state index in [2.05, 4.69) is 35.8 Å². The molecule has 5 aromatic rings. The normalized spacial score (nSPS) is 12.7. The third-order valence-electron chi connectivity index (χ3n) is 7.02. The Balaban J connectivity index is 1.18. The van der Waals surface area contributed by atoms with Gasteiger partial charge < -0.3 is 25.6 Å². The fraction of sp³-hybridized carbons (Fsp3) is 0.188. The summed E-state index contributed by atoms with van der Waals surface area (Å²) in [6.45, 7) is 1.02. The van der Waals surface area contributed by atoms with Crippen molar-refractivity contribution in [1.82, 2.24) is 31.1 Å². The van der Waals surface area contributed by atoms with Gasteiger partial charge in [-0.25, -0.2) is 17.6 Å². The average molecular weight is 646 g/mol. The number of pyridine rings is 1. The zero-order chi connectivity index (χ0) is 32.5. The third kappa shape index (κ3) is 8.29. The van der Waals surface area contributed by atoms with E-state index in [0.717, 1.165) is 11.1 Å². The maximum absolute atomic E-state index is 13.5. The number of hydrogen-bond donors (Lipinski definition) is 5. The number of aliphatic hydroxyl groups excluding tert-OH is 1. The van der Waals surface area contributed by atoms with Crippen LogP contribution in [0.15, 0.2) is 107 Å². The Bertz CT molecular complexity index is 1840. The van der Waals surface area contributed by atoms with Crippen molar-refractivity contribution in [3.05, 3.63) is 126 Å². The summed E-state index contributed by atoms with van der Waals surface area (Å²) in [5.74, 6) is -0.200. The highest BCUT2D eigenvalue weighted by molar-refractivity contribution is 7.92. The number of carbonyl (C=O) groups excluding carboxylic acids is 1. The molecule has 5 rings (SSSR count). The molecule has 46 heavy (non-hydrogen) atoms. The molecule has 0 saturated carbocycles. The molecule has 2 aromatic heterocycles. The summed E-state index contributed by atoms with van der Waals surface area (Å²) in [5, 5.41) is 22.6. The summed E-state index contributed by atoms with van der Waals surface area (Å²) in [6.07, 6.45) is 3.33. The monoisotopic (exact) mass is 645 g/mol. The minimum atomic E-state index is -3.89. The van der Waals surface area contributed by atoms with Gasteiger partial charge in [-0.05, 0) is 78.7 Å². The van der Waals surface area contributed by atoms with Gasteiger partial charge in [0.05, 0.1) is 11.0 Å². The van der Waals surface area contributed by atoms with Gasteiger partial charge in [-0.2, -0.15) is 4.98 Å². The van der Waals surface area contributed by atoms with Crippen LogP contribution in [0.2, 0.25) is 0 Å². The average Bonchev–Trinajstić information content (AvgIpc) is 3.57. The predicted molar refractivity (Wildman–Crippen MR) is 169 cm³/mol. The van der Waals surface area contributed by atoms with E-state index in [9.17, 15) is 22.7 Å². The molecule has 2 atom stereocenters. The number of amides is 2. The molecule has 14 heteroatoms. The van der Waals surface area contributed by atoms with Gasteiger partial charge in [-0.1, -0.05) is 35.5 Å². The van der Waals surface area contributed by atoms with Gasteiger partial charge in [-0.15, -0.1) is 0 Å². The third-order valence-corrected chi connectivity index (χ3v) is 8.42. The number of aliphatic hydroxyl groups is 1. The van der Waals surface area contributed by atoms with Gasteiger partial charge in [0.25, 0.3) is 15.9 Å². The molecule has 0 saturated heterocycles. The highest BCUT2D eigenvalue weighted by atomic mass is 32.2. The number of benzene rings is 3. The van der Waals surface area contributed by atoms with Crippen molar-refractivity contribution < 1.29 is 27.2 Å². The molecule has 3 aromatic carbocycles. The van der Waals surface area contributed by atoms with Gasteiger partial charge in [-0.3, -0.25) is 9.71 Å². The summed E-state index contributed by atoms with van der Waals surface area (Å²) < 4.78 is 47.6. The highest BCUT2D eigenvalue weighted by Crippen LogP contribution is 2.26. The fourth-order valence-corrected chi connectivity index (χ4v) is 5.57. The Morgan fingerprint density at radius 1 is 0.978 bits per heavy atom. The van der Waals surface area contributed by atoms with Crippen molar-refractivity contribution >= 4 is 21.7 Å². The van der Waals surface area contributed by atoms with Gasteiger partial charge in [0.2, 0.25) is 5.82 Å². The topological polar surface area (TPSA) is 171 Å². The van der Waals surface area contributed by atoms with Crippen LogP contribution in [0.3, 0.4) is 0 Å². The van der Waals surface area contributed by atoms with Gasteiger partial charge in [0, 0.05) is 42.8 Å². The molecule has 0 fully saturated rings. The van der Waals surface area contributed by atoms with E-state index in [0.29, 0.717) is 36.3 Å². The first-order valence-electron chi connectivity index (χ1n) is 14.3. The summed E-state index contributed by atoms with van der Waals surface area (Å²) >= 11 is 0. The lowest BCUT2D eigenvalue weighted by Gasteiger charge is -2.15. The lowest BCUT2D eigenvalue weighted by atomic mass is 10.1. The van der Waals surface area contributed by atoms with Crippen molar-refractivity contribution in [2.75, 3.05) is 24.9 Å². The zero-order valence-corrected chi connectivity index (χ0v) is 25.5. The lowest BCUT2D eigenvalue weighted by molar-refractivity contribution is 0.174. The number of halogens is 1. The van der Waals surface area contributed by atoms with Gasteiger partial charge >= 0.3 is 6.03 Å². The van der Waals surface area contributed by atoms with E-state index in [1.807, 2.05) is 18.2 Å². The number of hydrogen-bond acceptors (Lipinski definition) is 9. The first kappa shape index (κ1) is 32.2. The van der Waals surface area contributed by atoms with Crippen molar-refractivity contribution in [3.8, 4) is 11.4 Å². The number of nitrogens with one attached hydrogen (secondary N) is 4. The SMILES string of the molecule is CNC(=O)NC(c1ccc(F)cc1)c1nc(-c2ccc(S(=O)(=O)Nc3ccc(CCNC[C@H](O)c4cccnc4)cc3)cc2)no1. The number of carbonyl (C=O) groups is 1. The Kier molecular flexibility index (Phi) is 10.3. The smallest absolute Gasteiger partial charge is 0.315 e. The molecule has 0 aliphatic rings. The largest absolute Gasteiger partial charge is 0.387 e. The number of urea groups is 1. The van der Waals surface area contributed by atoms with Crippen LogP contribution >= 0.6 is 0 Å². The Labute approximate surface area is 265 Å². The van der Waals surface area contributed by atoms with Crippen molar-refractivity contribution in [2.24, 2.45) is 0 Å². The molecule has 238 valence electrons. The number of sulfonamides is 1.